The van der Waals surface area contributed by atoms with E-state index in [0.29, 0.717) is 5.69 Å². The normalized spacial score (nSPS) is 11.0. The van der Waals surface area contributed by atoms with Crippen LogP contribution in [0.4, 0.5) is 5.82 Å². The summed E-state index contributed by atoms with van der Waals surface area (Å²) in [5, 5.41) is 16.8. The number of carbonyl (C=O) groups is 1. The lowest BCUT2D eigenvalue weighted by Gasteiger charge is -2.12. The average molecular weight is 298 g/mol. The Morgan fingerprint density at radius 1 is 1.32 bits per heavy atom. The Kier molecular flexibility index (Phi) is 2.98. The Morgan fingerprint density at radius 3 is 2.55 bits per heavy atom. The van der Waals surface area contributed by atoms with Gasteiger partial charge in [0.05, 0.1) is 11.2 Å². The number of carbonyl (C=O) groups excluding carboxylic acids is 1. The summed E-state index contributed by atoms with van der Waals surface area (Å²) >= 11 is 0. The molecule has 2 heterocycles. The first-order valence-electron chi connectivity index (χ1n) is 6.61. The molecule has 7 nitrogen and oxygen atoms in total. The molecule has 1 aromatic carbocycles. The Morgan fingerprint density at radius 2 is 1.95 bits per heavy atom. The zero-order valence-corrected chi connectivity index (χ0v) is 12.0. The van der Waals surface area contributed by atoms with Gasteiger partial charge in [0.2, 0.25) is 5.88 Å². The first-order valence-corrected chi connectivity index (χ1v) is 6.61. The van der Waals surface area contributed by atoms with Gasteiger partial charge in [-0.2, -0.15) is 5.10 Å². The van der Waals surface area contributed by atoms with E-state index in [1.165, 1.54) is 6.92 Å². The molecule has 4 N–H and O–H groups in total. The van der Waals surface area contributed by atoms with Crippen LogP contribution >= 0.6 is 0 Å². The van der Waals surface area contributed by atoms with Crippen molar-refractivity contribution < 1.29 is 9.90 Å². The van der Waals surface area contributed by atoms with Crippen LogP contribution < -0.4 is 11.3 Å². The maximum Gasteiger partial charge on any atom is 0.271 e. The molecule has 0 atom stereocenters. The zero-order chi connectivity index (χ0) is 16.0. The number of aromatic hydroxyl groups is 1. The highest BCUT2D eigenvalue weighted by Gasteiger charge is 2.23. The van der Waals surface area contributed by atoms with Crippen LogP contribution in [0, 0.1) is 6.92 Å². The molecule has 0 aliphatic rings. The molecule has 2 aromatic heterocycles. The molecule has 112 valence electrons. The summed E-state index contributed by atoms with van der Waals surface area (Å²) in [7, 11) is 0. The molecule has 0 aliphatic carbocycles. The number of rotatable bonds is 2. The van der Waals surface area contributed by atoms with Crippen molar-refractivity contribution in [2.24, 2.45) is 0 Å². The van der Waals surface area contributed by atoms with E-state index in [9.17, 15) is 14.7 Å². The topological polar surface area (TPSA) is 114 Å². The number of hydrogen-bond donors (Lipinski definition) is 3. The van der Waals surface area contributed by atoms with Crippen molar-refractivity contribution in [3.05, 3.63) is 45.7 Å². The van der Waals surface area contributed by atoms with E-state index in [1.807, 2.05) is 6.92 Å². The number of fused-ring (bicyclic) bond motifs is 1. The highest BCUT2D eigenvalue weighted by Crippen LogP contribution is 2.28. The quantitative estimate of drug-likeness (QED) is 0.620. The number of pyridine rings is 1. The van der Waals surface area contributed by atoms with Crippen molar-refractivity contribution in [3.63, 3.8) is 0 Å². The largest absolute Gasteiger partial charge is 0.494 e. The number of ketones is 1. The van der Waals surface area contributed by atoms with Crippen LogP contribution in [0.25, 0.3) is 16.6 Å². The standard InChI is InChI=1S/C15H14N4O3/c1-7-3-5-9(6-4-7)19-14(21)10(8(2)20)12-11(15(19)22)13(16)18-17-12/h3-6,21H,1-2H3,(H3,16,17,18). The Balaban J connectivity index is 2.49. The van der Waals surface area contributed by atoms with Crippen LogP contribution in [0.2, 0.25) is 0 Å². The number of benzene rings is 1. The minimum atomic E-state index is -0.535. The molecule has 0 spiro atoms. The van der Waals surface area contributed by atoms with Crippen LogP contribution in [-0.2, 0) is 0 Å². The molecule has 0 saturated heterocycles. The van der Waals surface area contributed by atoms with E-state index in [4.69, 9.17) is 5.73 Å². The van der Waals surface area contributed by atoms with Gasteiger partial charge in [0, 0.05) is 0 Å². The number of Topliss-reactive ketones (excluding diaryl/α,β-unsaturated/α-hetero) is 1. The minimum Gasteiger partial charge on any atom is -0.494 e. The second kappa shape index (κ2) is 4.73. The molecule has 7 heteroatoms. The first kappa shape index (κ1) is 13.9. The highest BCUT2D eigenvalue weighted by molar-refractivity contribution is 6.09. The summed E-state index contributed by atoms with van der Waals surface area (Å²) < 4.78 is 1.06. The SMILES string of the molecule is CC(=O)c1c(O)n(-c2ccc(C)cc2)c(=O)c2c(N)n[nH]c12. The van der Waals surface area contributed by atoms with E-state index in [-0.39, 0.29) is 22.3 Å². The lowest BCUT2D eigenvalue weighted by Crippen LogP contribution is -2.21. The van der Waals surface area contributed by atoms with E-state index in [1.54, 1.807) is 24.3 Å². The van der Waals surface area contributed by atoms with E-state index in [0.717, 1.165) is 10.1 Å². The summed E-state index contributed by atoms with van der Waals surface area (Å²) in [4.78, 5) is 24.5. The number of nitrogens with one attached hydrogen (secondary N) is 1. The van der Waals surface area contributed by atoms with Crippen molar-refractivity contribution >= 4 is 22.5 Å². The number of nitrogens with zero attached hydrogens (tertiary/aromatic N) is 2. The van der Waals surface area contributed by atoms with Gasteiger partial charge in [-0.15, -0.1) is 0 Å². The third kappa shape index (κ3) is 1.86. The van der Waals surface area contributed by atoms with Gasteiger partial charge in [0.15, 0.2) is 11.6 Å². The van der Waals surface area contributed by atoms with Crippen LogP contribution in [0.15, 0.2) is 29.1 Å². The zero-order valence-electron chi connectivity index (χ0n) is 12.0. The fourth-order valence-electron chi connectivity index (χ4n) is 2.45. The van der Waals surface area contributed by atoms with Crippen molar-refractivity contribution in [1.82, 2.24) is 14.8 Å². The number of H-pyrrole nitrogens is 1. The molecule has 0 unspecified atom stereocenters. The number of aryl methyl sites for hydroxylation is 1. The van der Waals surface area contributed by atoms with Gasteiger partial charge in [-0.1, -0.05) is 17.7 Å². The van der Waals surface area contributed by atoms with Crippen molar-refractivity contribution in [2.45, 2.75) is 13.8 Å². The smallest absolute Gasteiger partial charge is 0.271 e. The summed E-state index contributed by atoms with van der Waals surface area (Å²) in [5.41, 5.74) is 6.77. The maximum absolute atomic E-state index is 12.6. The lowest BCUT2D eigenvalue weighted by atomic mass is 10.1. The molecular formula is C15H14N4O3. The molecule has 0 bridgehead atoms. The lowest BCUT2D eigenvalue weighted by molar-refractivity contribution is 0.101. The molecule has 3 aromatic rings. The fraction of sp³-hybridized carbons (Fsp3) is 0.133. The Labute approximate surface area is 125 Å². The number of nitrogens with two attached hydrogens (primary N) is 1. The fourth-order valence-corrected chi connectivity index (χ4v) is 2.45. The second-order valence-electron chi connectivity index (χ2n) is 5.09. The molecule has 0 saturated carbocycles. The van der Waals surface area contributed by atoms with Crippen molar-refractivity contribution in [2.75, 3.05) is 5.73 Å². The number of aromatic nitrogens is 3. The summed E-state index contributed by atoms with van der Waals surface area (Å²) in [5.74, 6) is -0.840. The predicted octanol–water partition coefficient (Wildman–Crippen LogP) is 1.51. The summed E-state index contributed by atoms with van der Waals surface area (Å²) in [6.07, 6.45) is 0. The molecule has 3 rings (SSSR count). The highest BCUT2D eigenvalue weighted by atomic mass is 16.3. The van der Waals surface area contributed by atoms with Crippen LogP contribution in [0.1, 0.15) is 22.8 Å². The molecular weight excluding hydrogens is 284 g/mol. The molecule has 22 heavy (non-hydrogen) atoms. The van der Waals surface area contributed by atoms with E-state index in [2.05, 4.69) is 10.2 Å². The van der Waals surface area contributed by atoms with Gasteiger partial charge in [-0.05, 0) is 26.0 Å². The summed E-state index contributed by atoms with van der Waals surface area (Å²) in [6, 6.07) is 6.97. The Bertz CT molecular complexity index is 952. The second-order valence-corrected chi connectivity index (χ2v) is 5.09. The number of aromatic amines is 1. The third-order valence-electron chi connectivity index (χ3n) is 3.54. The van der Waals surface area contributed by atoms with Crippen LogP contribution in [0.5, 0.6) is 5.88 Å². The monoisotopic (exact) mass is 298 g/mol. The van der Waals surface area contributed by atoms with Gasteiger partial charge in [0.1, 0.15) is 10.9 Å². The molecule has 0 amide bonds. The van der Waals surface area contributed by atoms with Crippen LogP contribution in [-0.4, -0.2) is 25.7 Å². The minimum absolute atomic E-state index is 0.0108. The molecule has 0 radical (unpaired) electrons. The average Bonchev–Trinajstić information content (AvgIpc) is 2.82. The van der Waals surface area contributed by atoms with Gasteiger partial charge in [-0.25, -0.2) is 4.57 Å². The number of anilines is 1. The molecule has 0 aliphatic heterocycles. The first-order chi connectivity index (χ1) is 10.4. The van der Waals surface area contributed by atoms with Gasteiger partial charge < -0.3 is 10.8 Å². The van der Waals surface area contributed by atoms with Crippen LogP contribution in [0.3, 0.4) is 0 Å². The third-order valence-corrected chi connectivity index (χ3v) is 3.54. The van der Waals surface area contributed by atoms with E-state index >= 15 is 0 Å². The predicted molar refractivity (Wildman–Crippen MR) is 82.5 cm³/mol. The number of hydrogen-bond acceptors (Lipinski definition) is 5. The van der Waals surface area contributed by atoms with Crippen molar-refractivity contribution in [1.29, 1.82) is 0 Å². The Hall–Kier alpha value is -3.09. The van der Waals surface area contributed by atoms with Gasteiger partial charge in [-0.3, -0.25) is 14.7 Å². The van der Waals surface area contributed by atoms with E-state index < -0.39 is 17.2 Å². The molecule has 0 fully saturated rings. The number of nitrogen functional groups attached to an aromatic ring is 1. The maximum atomic E-state index is 12.6. The van der Waals surface area contributed by atoms with Gasteiger partial charge >= 0.3 is 0 Å². The van der Waals surface area contributed by atoms with Crippen molar-refractivity contribution in [3.8, 4) is 11.6 Å². The summed E-state index contributed by atoms with van der Waals surface area (Å²) in [6.45, 7) is 3.21. The van der Waals surface area contributed by atoms with Gasteiger partial charge in [0.25, 0.3) is 5.56 Å².